The fourth-order valence-electron chi connectivity index (χ4n) is 1.89. The molecule has 0 spiro atoms. The predicted octanol–water partition coefficient (Wildman–Crippen LogP) is 2.63. The molecule has 1 aromatic heterocycles. The molecular formula is C11H15F3N4O2S. The van der Waals surface area contributed by atoms with E-state index in [0.29, 0.717) is 12.8 Å². The Morgan fingerprint density at radius 2 is 2.05 bits per heavy atom. The van der Waals surface area contributed by atoms with Crippen LogP contribution in [0.5, 0.6) is 0 Å². The Morgan fingerprint density at radius 3 is 2.57 bits per heavy atom. The minimum absolute atomic E-state index is 0.0382. The van der Waals surface area contributed by atoms with E-state index >= 15 is 0 Å². The standard InChI is InChI=1S/C11H15F3N4O2S/c1-5(2)20-7-3-6(4-7)15-9(19)16-10-18-17-8(21-10)11(12,13)14/h5-7H,3-4H2,1-2H3,(H2,15,16,18,19). The van der Waals surface area contributed by atoms with E-state index in [-0.39, 0.29) is 34.7 Å². The quantitative estimate of drug-likeness (QED) is 0.893. The maximum absolute atomic E-state index is 12.3. The predicted molar refractivity (Wildman–Crippen MR) is 70.1 cm³/mol. The molecule has 1 aliphatic rings. The van der Waals surface area contributed by atoms with Crippen LogP contribution < -0.4 is 10.6 Å². The summed E-state index contributed by atoms with van der Waals surface area (Å²) in [6.45, 7) is 3.86. The second kappa shape index (κ2) is 6.14. The average Bonchev–Trinajstić information content (AvgIpc) is 2.73. The van der Waals surface area contributed by atoms with Crippen molar-refractivity contribution in [3.63, 3.8) is 0 Å². The molecule has 0 radical (unpaired) electrons. The van der Waals surface area contributed by atoms with Gasteiger partial charge in [-0.25, -0.2) is 4.79 Å². The molecule has 6 nitrogen and oxygen atoms in total. The number of hydrogen-bond donors (Lipinski definition) is 2. The van der Waals surface area contributed by atoms with Crippen LogP contribution in [-0.4, -0.2) is 34.5 Å². The summed E-state index contributed by atoms with van der Waals surface area (Å²) >= 11 is 0.286. The number of carbonyl (C=O) groups excluding carboxylic acids is 1. The first-order chi connectivity index (χ1) is 9.74. The van der Waals surface area contributed by atoms with Crippen molar-refractivity contribution in [2.45, 2.75) is 51.1 Å². The summed E-state index contributed by atoms with van der Waals surface area (Å²) in [5, 5.41) is 9.87. The van der Waals surface area contributed by atoms with Crippen LogP contribution in [-0.2, 0) is 10.9 Å². The average molecular weight is 324 g/mol. The molecule has 2 amide bonds. The molecule has 21 heavy (non-hydrogen) atoms. The van der Waals surface area contributed by atoms with Gasteiger partial charge in [-0.05, 0) is 26.7 Å². The SMILES string of the molecule is CC(C)OC1CC(NC(=O)Nc2nnc(C(F)(F)F)s2)C1. The van der Waals surface area contributed by atoms with Crippen molar-refractivity contribution < 1.29 is 22.7 Å². The molecule has 0 saturated heterocycles. The van der Waals surface area contributed by atoms with Gasteiger partial charge in [-0.3, -0.25) is 5.32 Å². The highest BCUT2D eigenvalue weighted by Crippen LogP contribution is 2.33. The largest absolute Gasteiger partial charge is 0.445 e. The fraction of sp³-hybridized carbons (Fsp3) is 0.727. The van der Waals surface area contributed by atoms with Crippen molar-refractivity contribution in [1.29, 1.82) is 0 Å². The lowest BCUT2D eigenvalue weighted by molar-refractivity contribution is -0.138. The summed E-state index contributed by atoms with van der Waals surface area (Å²) in [4.78, 5) is 11.6. The Morgan fingerprint density at radius 1 is 1.38 bits per heavy atom. The number of anilines is 1. The zero-order valence-corrected chi connectivity index (χ0v) is 12.2. The number of nitrogens with zero attached hydrogens (tertiary/aromatic N) is 2. The summed E-state index contributed by atoms with van der Waals surface area (Å²) in [7, 11) is 0. The third-order valence-electron chi connectivity index (χ3n) is 2.78. The monoisotopic (exact) mass is 324 g/mol. The number of amides is 2. The molecule has 118 valence electrons. The highest BCUT2D eigenvalue weighted by atomic mass is 32.1. The molecule has 1 saturated carbocycles. The van der Waals surface area contributed by atoms with E-state index in [2.05, 4.69) is 20.8 Å². The Balaban J connectivity index is 1.75. The van der Waals surface area contributed by atoms with Crippen molar-refractivity contribution in [2.75, 3.05) is 5.32 Å². The van der Waals surface area contributed by atoms with Crippen molar-refractivity contribution in [3.8, 4) is 0 Å². The summed E-state index contributed by atoms with van der Waals surface area (Å²) < 4.78 is 42.5. The van der Waals surface area contributed by atoms with E-state index in [1.807, 2.05) is 13.8 Å². The maximum Gasteiger partial charge on any atom is 0.445 e. The molecule has 1 aliphatic carbocycles. The minimum atomic E-state index is -4.55. The lowest BCUT2D eigenvalue weighted by Gasteiger charge is -2.36. The molecule has 10 heteroatoms. The van der Waals surface area contributed by atoms with Gasteiger partial charge in [-0.1, -0.05) is 11.3 Å². The highest BCUT2D eigenvalue weighted by molar-refractivity contribution is 7.15. The summed E-state index contributed by atoms with van der Waals surface area (Å²) in [5.74, 6) is 0. The van der Waals surface area contributed by atoms with Crippen LogP contribution in [0.1, 0.15) is 31.7 Å². The van der Waals surface area contributed by atoms with E-state index in [9.17, 15) is 18.0 Å². The first-order valence-electron chi connectivity index (χ1n) is 6.37. The Labute approximate surface area is 123 Å². The molecule has 1 fully saturated rings. The zero-order valence-electron chi connectivity index (χ0n) is 11.4. The number of urea groups is 1. The van der Waals surface area contributed by atoms with Gasteiger partial charge >= 0.3 is 12.2 Å². The van der Waals surface area contributed by atoms with E-state index in [1.165, 1.54) is 0 Å². The van der Waals surface area contributed by atoms with Crippen LogP contribution in [0.2, 0.25) is 0 Å². The number of nitrogens with one attached hydrogen (secondary N) is 2. The number of alkyl halides is 3. The van der Waals surface area contributed by atoms with Crippen LogP contribution >= 0.6 is 11.3 Å². The van der Waals surface area contributed by atoms with Gasteiger partial charge < -0.3 is 10.1 Å². The molecule has 2 N–H and O–H groups in total. The normalized spacial score (nSPS) is 22.0. The minimum Gasteiger partial charge on any atom is -0.375 e. The molecule has 0 unspecified atom stereocenters. The lowest BCUT2D eigenvalue weighted by Crippen LogP contribution is -2.49. The third kappa shape index (κ3) is 4.53. The Hall–Kier alpha value is -1.42. The Kier molecular flexibility index (Phi) is 4.67. The smallest absolute Gasteiger partial charge is 0.375 e. The number of hydrogen-bond acceptors (Lipinski definition) is 5. The fourth-order valence-corrected chi connectivity index (χ4v) is 2.49. The molecule has 0 bridgehead atoms. The summed E-state index contributed by atoms with van der Waals surface area (Å²) in [6, 6.07) is -0.628. The lowest BCUT2D eigenvalue weighted by atomic mass is 9.89. The van der Waals surface area contributed by atoms with Crippen LogP contribution in [0, 0.1) is 0 Å². The molecular weight excluding hydrogens is 309 g/mol. The number of aromatic nitrogens is 2. The van der Waals surface area contributed by atoms with Crippen LogP contribution in [0.3, 0.4) is 0 Å². The summed E-state index contributed by atoms with van der Waals surface area (Å²) in [5.41, 5.74) is 0. The van der Waals surface area contributed by atoms with Crippen LogP contribution in [0.4, 0.5) is 23.1 Å². The number of rotatable bonds is 4. The van der Waals surface area contributed by atoms with Gasteiger partial charge in [0.1, 0.15) is 0 Å². The van der Waals surface area contributed by atoms with Gasteiger partial charge in [0.15, 0.2) is 0 Å². The summed E-state index contributed by atoms with van der Waals surface area (Å²) in [6.07, 6.45) is -2.92. The highest BCUT2D eigenvalue weighted by Gasteiger charge is 2.36. The van der Waals surface area contributed by atoms with Crippen molar-refractivity contribution in [2.24, 2.45) is 0 Å². The number of halogens is 3. The maximum atomic E-state index is 12.3. The van der Waals surface area contributed by atoms with Gasteiger partial charge in [-0.15, -0.1) is 10.2 Å². The van der Waals surface area contributed by atoms with Crippen molar-refractivity contribution in [3.05, 3.63) is 5.01 Å². The molecule has 1 aromatic rings. The molecule has 0 aliphatic heterocycles. The van der Waals surface area contributed by atoms with Crippen LogP contribution in [0.25, 0.3) is 0 Å². The molecule has 1 heterocycles. The number of carbonyl (C=O) groups is 1. The number of ether oxygens (including phenoxy) is 1. The van der Waals surface area contributed by atoms with Gasteiger partial charge in [-0.2, -0.15) is 13.2 Å². The van der Waals surface area contributed by atoms with E-state index in [1.54, 1.807) is 0 Å². The van der Waals surface area contributed by atoms with Gasteiger partial charge in [0.2, 0.25) is 10.1 Å². The van der Waals surface area contributed by atoms with Gasteiger partial charge in [0.25, 0.3) is 0 Å². The van der Waals surface area contributed by atoms with E-state index in [0.717, 1.165) is 0 Å². The first kappa shape index (κ1) is 16.0. The van der Waals surface area contributed by atoms with E-state index < -0.39 is 17.2 Å². The van der Waals surface area contributed by atoms with Gasteiger partial charge in [0.05, 0.1) is 12.2 Å². The molecule has 2 rings (SSSR count). The third-order valence-corrected chi connectivity index (χ3v) is 3.67. The second-order valence-electron chi connectivity index (χ2n) is 4.98. The van der Waals surface area contributed by atoms with Crippen LogP contribution in [0.15, 0.2) is 0 Å². The van der Waals surface area contributed by atoms with Gasteiger partial charge in [0, 0.05) is 6.04 Å². The second-order valence-corrected chi connectivity index (χ2v) is 5.96. The molecule has 0 atom stereocenters. The van der Waals surface area contributed by atoms with Crippen molar-refractivity contribution in [1.82, 2.24) is 15.5 Å². The zero-order chi connectivity index (χ0) is 15.6. The van der Waals surface area contributed by atoms with E-state index in [4.69, 9.17) is 4.74 Å². The molecule has 0 aromatic carbocycles. The Bertz CT molecular complexity index is 500. The first-order valence-corrected chi connectivity index (χ1v) is 7.19. The topological polar surface area (TPSA) is 76.1 Å². The van der Waals surface area contributed by atoms with Crippen molar-refractivity contribution >= 4 is 22.5 Å².